The molecule has 27 heavy (non-hydrogen) atoms. The summed E-state index contributed by atoms with van der Waals surface area (Å²) in [4.78, 5) is 26.7. The Kier molecular flexibility index (Phi) is 5.11. The number of hydrogen-bond donors (Lipinski definition) is 0. The van der Waals surface area contributed by atoms with Crippen LogP contribution in [0, 0.1) is 11.8 Å². The monoisotopic (exact) mass is 401 g/mol. The Morgan fingerprint density at radius 3 is 2.89 bits per heavy atom. The minimum absolute atomic E-state index is 0.292. The zero-order valence-corrected chi connectivity index (χ0v) is 17.4. The van der Waals surface area contributed by atoms with Crippen LogP contribution in [-0.4, -0.2) is 39.6 Å². The zero-order chi connectivity index (χ0) is 18.2. The van der Waals surface area contributed by atoms with Gasteiger partial charge in [-0.15, -0.1) is 11.3 Å². The molecule has 2 aromatic heterocycles. The summed E-state index contributed by atoms with van der Waals surface area (Å²) in [6, 6.07) is 0. The standard InChI is InChI=1S/C21H27N3OS2/c25-18(24-10-9-14-5-1-2-6-15(14)11-24)12-26-20-19-16-7-3-4-8-17(16)27-21(19)23-13-22-20/h13-15H,1-12H2/t14-,15+/m1/s1. The number of nitrogens with zero attached hydrogens (tertiary/aromatic N) is 3. The quantitative estimate of drug-likeness (QED) is 0.552. The van der Waals surface area contributed by atoms with Crippen LogP contribution in [0.5, 0.6) is 0 Å². The molecule has 0 unspecified atom stereocenters. The molecule has 0 radical (unpaired) electrons. The topological polar surface area (TPSA) is 46.1 Å². The molecule has 2 aromatic rings. The minimum Gasteiger partial charge on any atom is -0.342 e. The predicted molar refractivity (Wildman–Crippen MR) is 111 cm³/mol. The van der Waals surface area contributed by atoms with Crippen molar-refractivity contribution in [1.82, 2.24) is 14.9 Å². The van der Waals surface area contributed by atoms with Crippen molar-refractivity contribution >= 4 is 39.2 Å². The lowest BCUT2D eigenvalue weighted by molar-refractivity contribution is -0.131. The number of thiophene rings is 1. The van der Waals surface area contributed by atoms with Gasteiger partial charge in [0.05, 0.1) is 5.75 Å². The first kappa shape index (κ1) is 17.9. The van der Waals surface area contributed by atoms with Gasteiger partial charge in [-0.1, -0.05) is 31.0 Å². The van der Waals surface area contributed by atoms with Gasteiger partial charge in [-0.2, -0.15) is 0 Å². The molecule has 4 nitrogen and oxygen atoms in total. The molecule has 5 rings (SSSR count). The molecule has 144 valence electrons. The van der Waals surface area contributed by atoms with Crippen LogP contribution in [0.25, 0.3) is 10.2 Å². The van der Waals surface area contributed by atoms with E-state index in [1.165, 1.54) is 67.2 Å². The fourth-order valence-electron chi connectivity index (χ4n) is 5.22. The molecule has 0 bridgehead atoms. The average Bonchev–Trinajstić information content (AvgIpc) is 3.11. The summed E-state index contributed by atoms with van der Waals surface area (Å²) in [5.41, 5.74) is 1.46. The smallest absolute Gasteiger partial charge is 0.232 e. The van der Waals surface area contributed by atoms with Crippen molar-refractivity contribution in [2.45, 2.75) is 62.8 Å². The largest absolute Gasteiger partial charge is 0.342 e. The van der Waals surface area contributed by atoms with Gasteiger partial charge in [-0.05, 0) is 55.9 Å². The van der Waals surface area contributed by atoms with E-state index in [0.29, 0.717) is 11.7 Å². The second kappa shape index (κ2) is 7.70. The molecule has 2 aliphatic carbocycles. The number of carbonyl (C=O) groups is 1. The molecule has 1 saturated carbocycles. The minimum atomic E-state index is 0.292. The molecule has 0 spiro atoms. The maximum atomic E-state index is 12.9. The van der Waals surface area contributed by atoms with E-state index >= 15 is 0 Å². The van der Waals surface area contributed by atoms with Crippen LogP contribution < -0.4 is 0 Å². The van der Waals surface area contributed by atoms with Crippen LogP contribution in [0.15, 0.2) is 11.4 Å². The van der Waals surface area contributed by atoms with Gasteiger partial charge < -0.3 is 4.90 Å². The summed E-state index contributed by atoms with van der Waals surface area (Å²) in [5, 5.41) is 2.25. The number of aromatic nitrogens is 2. The second-order valence-corrected chi connectivity index (χ2v) is 10.3. The molecule has 1 amide bonds. The molecule has 2 atom stereocenters. The number of piperidine rings is 1. The van der Waals surface area contributed by atoms with Crippen LogP contribution in [-0.2, 0) is 17.6 Å². The van der Waals surface area contributed by atoms with Crippen molar-refractivity contribution in [3.05, 3.63) is 16.8 Å². The molecule has 3 heterocycles. The average molecular weight is 402 g/mol. The molecule has 0 aromatic carbocycles. The van der Waals surface area contributed by atoms with E-state index in [0.717, 1.165) is 41.2 Å². The third-order valence-corrected chi connectivity index (χ3v) is 8.87. The lowest BCUT2D eigenvalue weighted by Crippen LogP contribution is -2.45. The van der Waals surface area contributed by atoms with Crippen molar-refractivity contribution < 1.29 is 4.79 Å². The van der Waals surface area contributed by atoms with E-state index in [-0.39, 0.29) is 0 Å². The highest BCUT2D eigenvalue weighted by Gasteiger charge is 2.33. The molecule has 2 fully saturated rings. The van der Waals surface area contributed by atoms with Crippen molar-refractivity contribution in [3.8, 4) is 0 Å². The van der Waals surface area contributed by atoms with Crippen molar-refractivity contribution in [1.29, 1.82) is 0 Å². The number of hydrogen-bond acceptors (Lipinski definition) is 5. The Morgan fingerprint density at radius 1 is 1.11 bits per heavy atom. The third kappa shape index (κ3) is 3.51. The van der Waals surface area contributed by atoms with E-state index < -0.39 is 0 Å². The molecule has 0 N–H and O–H groups in total. The Labute approximate surface area is 169 Å². The lowest BCUT2D eigenvalue weighted by atomic mass is 9.75. The van der Waals surface area contributed by atoms with Crippen LogP contribution in [0.1, 0.15) is 55.4 Å². The summed E-state index contributed by atoms with van der Waals surface area (Å²) < 4.78 is 0. The number of aryl methyl sites for hydroxylation is 2. The highest BCUT2D eigenvalue weighted by atomic mass is 32.2. The van der Waals surface area contributed by atoms with Crippen molar-refractivity contribution in [2.24, 2.45) is 11.8 Å². The second-order valence-electron chi connectivity index (χ2n) is 8.29. The number of likely N-dealkylation sites (tertiary alicyclic amines) is 1. The van der Waals surface area contributed by atoms with Gasteiger partial charge >= 0.3 is 0 Å². The molecule has 3 aliphatic rings. The maximum absolute atomic E-state index is 12.9. The number of rotatable bonds is 3. The van der Waals surface area contributed by atoms with E-state index in [4.69, 9.17) is 0 Å². The number of carbonyl (C=O) groups excluding carboxylic acids is 1. The number of thioether (sulfide) groups is 1. The Balaban J connectivity index is 1.29. The zero-order valence-electron chi connectivity index (χ0n) is 15.8. The fraction of sp³-hybridized carbons (Fsp3) is 0.667. The number of fused-ring (bicyclic) bond motifs is 4. The van der Waals surface area contributed by atoms with Crippen LogP contribution in [0.2, 0.25) is 0 Å². The van der Waals surface area contributed by atoms with Crippen molar-refractivity contribution in [2.75, 3.05) is 18.8 Å². The summed E-state index contributed by atoms with van der Waals surface area (Å²) in [6.07, 6.45) is 13.2. The Hall–Kier alpha value is -1.14. The van der Waals surface area contributed by atoms with Gasteiger partial charge in [0.1, 0.15) is 16.2 Å². The van der Waals surface area contributed by atoms with Gasteiger partial charge in [0.15, 0.2) is 0 Å². The first-order chi connectivity index (χ1) is 13.3. The lowest BCUT2D eigenvalue weighted by Gasteiger charge is -2.41. The van der Waals surface area contributed by atoms with Crippen LogP contribution in [0.3, 0.4) is 0 Å². The SMILES string of the molecule is O=C(CSc1ncnc2sc3c(c12)CCCC3)N1CC[C@H]2CCCC[C@H]2C1. The first-order valence-electron chi connectivity index (χ1n) is 10.5. The van der Waals surface area contributed by atoms with E-state index in [2.05, 4.69) is 14.9 Å². The van der Waals surface area contributed by atoms with Gasteiger partial charge in [-0.25, -0.2) is 9.97 Å². The molecule has 1 saturated heterocycles. The highest BCUT2D eigenvalue weighted by Crippen LogP contribution is 2.40. The third-order valence-electron chi connectivity index (χ3n) is 6.69. The highest BCUT2D eigenvalue weighted by molar-refractivity contribution is 8.00. The van der Waals surface area contributed by atoms with Gasteiger partial charge in [0.25, 0.3) is 0 Å². The van der Waals surface area contributed by atoms with Gasteiger partial charge in [0, 0.05) is 23.4 Å². The maximum Gasteiger partial charge on any atom is 0.232 e. The molecule has 6 heteroatoms. The summed E-state index contributed by atoms with van der Waals surface area (Å²) in [6.45, 7) is 1.94. The van der Waals surface area contributed by atoms with E-state index in [1.54, 1.807) is 18.1 Å². The summed E-state index contributed by atoms with van der Waals surface area (Å²) in [7, 11) is 0. The van der Waals surface area contributed by atoms with E-state index in [9.17, 15) is 4.79 Å². The predicted octanol–water partition coefficient (Wildman–Crippen LogP) is 4.70. The van der Waals surface area contributed by atoms with Crippen LogP contribution in [0.4, 0.5) is 0 Å². The number of amides is 1. The van der Waals surface area contributed by atoms with Gasteiger partial charge in [-0.3, -0.25) is 4.79 Å². The summed E-state index contributed by atoms with van der Waals surface area (Å²) in [5.74, 6) is 2.42. The molecular weight excluding hydrogens is 374 g/mol. The summed E-state index contributed by atoms with van der Waals surface area (Å²) >= 11 is 3.45. The normalized spacial score (nSPS) is 25.3. The molecule has 1 aliphatic heterocycles. The van der Waals surface area contributed by atoms with Crippen LogP contribution >= 0.6 is 23.1 Å². The molecular formula is C21H27N3OS2. The fourth-order valence-corrected chi connectivity index (χ4v) is 7.44. The Bertz CT molecular complexity index is 849. The Morgan fingerprint density at radius 2 is 1.96 bits per heavy atom. The van der Waals surface area contributed by atoms with Gasteiger partial charge in [0.2, 0.25) is 5.91 Å². The van der Waals surface area contributed by atoms with Crippen molar-refractivity contribution in [3.63, 3.8) is 0 Å². The van der Waals surface area contributed by atoms with E-state index in [1.807, 2.05) is 11.3 Å². The first-order valence-corrected chi connectivity index (χ1v) is 12.3.